The van der Waals surface area contributed by atoms with Gasteiger partial charge in [0.25, 0.3) is 0 Å². The van der Waals surface area contributed by atoms with E-state index in [1.807, 2.05) is 19.1 Å². The van der Waals surface area contributed by atoms with E-state index in [4.69, 9.17) is 5.73 Å². The second kappa shape index (κ2) is 8.98. The first-order chi connectivity index (χ1) is 13.3. The van der Waals surface area contributed by atoms with Gasteiger partial charge in [-0.1, -0.05) is 37.3 Å². The number of ketones is 1. The Balaban J connectivity index is 0.000000221. The molecule has 3 rings (SSSR count). The lowest BCUT2D eigenvalue weighted by Crippen LogP contribution is -2.15. The van der Waals surface area contributed by atoms with E-state index in [9.17, 15) is 22.8 Å². The van der Waals surface area contributed by atoms with Crippen molar-refractivity contribution in [3.63, 3.8) is 0 Å². The lowest BCUT2D eigenvalue weighted by atomic mass is 10.1. The number of rotatable bonds is 4. The number of nitrogens with two attached hydrogens (primary N) is 1. The normalized spacial score (nSPS) is 10.7. The highest BCUT2D eigenvalue weighted by Gasteiger charge is 2.38. The second-order valence-electron chi connectivity index (χ2n) is 5.68. The second-order valence-corrected chi connectivity index (χ2v) is 5.68. The molecule has 5 nitrogen and oxygen atoms in total. The molecule has 0 aliphatic carbocycles. The molecule has 0 bridgehead atoms. The quantitative estimate of drug-likeness (QED) is 0.403. The fraction of sp³-hybridized carbons (Fsp3) is 0.150. The molecule has 0 unspecified atom stereocenters. The van der Waals surface area contributed by atoms with Gasteiger partial charge in [-0.25, -0.2) is 4.68 Å². The number of para-hydroxylation sites is 2. The Labute approximate surface area is 159 Å². The summed E-state index contributed by atoms with van der Waals surface area (Å²) in [6.07, 6.45) is -3.06. The van der Waals surface area contributed by atoms with Gasteiger partial charge < -0.3 is 5.73 Å². The molecule has 0 aliphatic rings. The molecule has 0 fully saturated rings. The van der Waals surface area contributed by atoms with Crippen molar-refractivity contribution in [2.24, 2.45) is 0 Å². The molecule has 0 spiro atoms. The summed E-state index contributed by atoms with van der Waals surface area (Å²) in [5, 5.41) is 3.59. The molecule has 1 heterocycles. The predicted octanol–water partition coefficient (Wildman–Crippen LogP) is 4.57. The maximum absolute atomic E-state index is 12.8. The number of carbonyl (C=O) groups excluding carboxylic acids is 2. The first kappa shape index (κ1) is 20.9. The van der Waals surface area contributed by atoms with E-state index < -0.39 is 17.4 Å². The average Bonchev–Trinajstić information content (AvgIpc) is 3.14. The standard InChI is InChI=1S/C11H7F3N2O.C9H11NO/c12-11(13,14)10-8(7-17)6-15-16(10)9-4-2-1-3-5-9;1-2-9(11)7-5-3-4-6-8(7)10/h1-7H;3-6H,2,10H2,1H3. The molecule has 0 atom stereocenters. The molecule has 0 saturated heterocycles. The molecule has 3 aromatic rings. The Morgan fingerprint density at radius 2 is 1.71 bits per heavy atom. The van der Waals surface area contributed by atoms with Gasteiger partial charge in [-0.3, -0.25) is 9.59 Å². The smallest absolute Gasteiger partial charge is 0.398 e. The number of carbonyl (C=O) groups is 2. The highest BCUT2D eigenvalue weighted by atomic mass is 19.4. The van der Waals surface area contributed by atoms with Crippen LogP contribution in [0.1, 0.15) is 39.8 Å². The van der Waals surface area contributed by atoms with Crippen LogP contribution < -0.4 is 5.73 Å². The molecule has 0 amide bonds. The number of alkyl halides is 3. The van der Waals surface area contributed by atoms with E-state index in [0.717, 1.165) is 6.20 Å². The number of hydrogen-bond donors (Lipinski definition) is 1. The molecule has 0 saturated carbocycles. The fourth-order valence-corrected chi connectivity index (χ4v) is 2.44. The highest BCUT2D eigenvalue weighted by molar-refractivity contribution is 6.00. The minimum absolute atomic E-state index is 0.100. The molecule has 0 radical (unpaired) electrons. The van der Waals surface area contributed by atoms with Crippen LogP contribution in [-0.4, -0.2) is 21.8 Å². The van der Waals surface area contributed by atoms with Gasteiger partial charge in [0.2, 0.25) is 0 Å². The van der Waals surface area contributed by atoms with E-state index in [2.05, 4.69) is 5.10 Å². The number of nitrogens with zero attached hydrogens (tertiary/aromatic N) is 2. The van der Waals surface area contributed by atoms with Gasteiger partial charge in [-0.15, -0.1) is 0 Å². The van der Waals surface area contributed by atoms with Crippen molar-refractivity contribution >= 4 is 17.8 Å². The van der Waals surface area contributed by atoms with E-state index in [1.54, 1.807) is 30.3 Å². The van der Waals surface area contributed by atoms with Crippen LogP contribution >= 0.6 is 0 Å². The summed E-state index contributed by atoms with van der Waals surface area (Å²) >= 11 is 0. The third kappa shape index (κ3) is 4.85. The SMILES string of the molecule is CCC(=O)c1ccccc1N.O=Cc1cnn(-c2ccccc2)c1C(F)(F)F. The third-order valence-electron chi connectivity index (χ3n) is 3.78. The number of benzene rings is 2. The predicted molar refractivity (Wildman–Crippen MR) is 99.4 cm³/mol. The molecule has 8 heteroatoms. The summed E-state index contributed by atoms with van der Waals surface area (Å²) in [5.41, 5.74) is 5.51. The van der Waals surface area contributed by atoms with E-state index in [-0.39, 0.29) is 17.8 Å². The van der Waals surface area contributed by atoms with Crippen LogP contribution in [0.4, 0.5) is 18.9 Å². The zero-order valence-electron chi connectivity index (χ0n) is 15.0. The van der Waals surface area contributed by atoms with Crippen LogP contribution in [-0.2, 0) is 6.18 Å². The first-order valence-electron chi connectivity index (χ1n) is 8.33. The van der Waals surface area contributed by atoms with Crippen molar-refractivity contribution in [2.75, 3.05) is 5.73 Å². The van der Waals surface area contributed by atoms with Gasteiger partial charge in [0, 0.05) is 17.7 Å². The van der Waals surface area contributed by atoms with Crippen LogP contribution in [0.15, 0.2) is 60.8 Å². The van der Waals surface area contributed by atoms with Crippen LogP contribution in [0.3, 0.4) is 0 Å². The van der Waals surface area contributed by atoms with Gasteiger partial charge >= 0.3 is 6.18 Å². The minimum atomic E-state index is -4.62. The van der Waals surface area contributed by atoms with E-state index in [0.29, 0.717) is 22.4 Å². The maximum atomic E-state index is 12.8. The van der Waals surface area contributed by atoms with Crippen molar-refractivity contribution < 1.29 is 22.8 Å². The fourth-order valence-electron chi connectivity index (χ4n) is 2.44. The van der Waals surface area contributed by atoms with E-state index >= 15 is 0 Å². The summed E-state index contributed by atoms with van der Waals surface area (Å²) in [7, 11) is 0. The highest BCUT2D eigenvalue weighted by Crippen LogP contribution is 2.32. The Bertz CT molecular complexity index is 951. The molecule has 2 N–H and O–H groups in total. The Hall–Kier alpha value is -3.42. The molecule has 1 aromatic heterocycles. The van der Waals surface area contributed by atoms with Crippen LogP contribution in [0.2, 0.25) is 0 Å². The topological polar surface area (TPSA) is 78.0 Å². The number of aromatic nitrogens is 2. The molecular formula is C20H18F3N3O2. The van der Waals surface area contributed by atoms with Gasteiger partial charge in [0.15, 0.2) is 17.8 Å². The summed E-state index contributed by atoms with van der Waals surface area (Å²) in [6.45, 7) is 1.83. The number of anilines is 1. The van der Waals surface area contributed by atoms with Crippen molar-refractivity contribution in [1.82, 2.24) is 9.78 Å². The Morgan fingerprint density at radius 3 is 2.25 bits per heavy atom. The van der Waals surface area contributed by atoms with Crippen LogP contribution in [0.25, 0.3) is 5.69 Å². The first-order valence-corrected chi connectivity index (χ1v) is 8.33. The minimum Gasteiger partial charge on any atom is -0.398 e. The number of Topliss-reactive ketones (excluding diaryl/α,β-unsaturated/α-hetero) is 1. The number of aldehydes is 1. The van der Waals surface area contributed by atoms with Gasteiger partial charge in [0.1, 0.15) is 0 Å². The molecule has 2 aromatic carbocycles. The van der Waals surface area contributed by atoms with Gasteiger partial charge in [-0.2, -0.15) is 18.3 Å². The number of nitrogen functional groups attached to an aromatic ring is 1. The summed E-state index contributed by atoms with van der Waals surface area (Å²) in [5.74, 6) is 0.100. The number of halogens is 3. The number of hydrogen-bond acceptors (Lipinski definition) is 4. The summed E-state index contributed by atoms with van der Waals surface area (Å²) in [4.78, 5) is 21.7. The molecule has 0 aliphatic heterocycles. The van der Waals surface area contributed by atoms with Gasteiger partial charge in [0.05, 0.1) is 17.4 Å². The van der Waals surface area contributed by atoms with Crippen molar-refractivity contribution in [3.8, 4) is 5.69 Å². The van der Waals surface area contributed by atoms with Crippen molar-refractivity contribution in [1.29, 1.82) is 0 Å². The summed E-state index contributed by atoms with van der Waals surface area (Å²) < 4.78 is 39.1. The monoisotopic (exact) mass is 389 g/mol. The largest absolute Gasteiger partial charge is 0.434 e. The zero-order chi connectivity index (χ0) is 20.7. The van der Waals surface area contributed by atoms with Crippen LogP contribution in [0, 0.1) is 0 Å². The van der Waals surface area contributed by atoms with Crippen molar-refractivity contribution in [3.05, 3.63) is 77.6 Å². The van der Waals surface area contributed by atoms with Crippen molar-refractivity contribution in [2.45, 2.75) is 19.5 Å². The van der Waals surface area contributed by atoms with Crippen LogP contribution in [0.5, 0.6) is 0 Å². The molecular weight excluding hydrogens is 371 g/mol. The van der Waals surface area contributed by atoms with E-state index in [1.165, 1.54) is 12.1 Å². The summed E-state index contributed by atoms with van der Waals surface area (Å²) in [6, 6.07) is 15.0. The maximum Gasteiger partial charge on any atom is 0.434 e. The lowest BCUT2D eigenvalue weighted by molar-refractivity contribution is -0.143. The Kier molecular flexibility index (Phi) is 6.70. The average molecular weight is 389 g/mol. The molecule has 28 heavy (non-hydrogen) atoms. The lowest BCUT2D eigenvalue weighted by Gasteiger charge is -2.10. The molecule has 146 valence electrons. The zero-order valence-corrected chi connectivity index (χ0v) is 15.0. The third-order valence-corrected chi connectivity index (χ3v) is 3.78. The Morgan fingerprint density at radius 1 is 1.11 bits per heavy atom. The van der Waals surface area contributed by atoms with Gasteiger partial charge in [-0.05, 0) is 24.3 Å².